The van der Waals surface area contributed by atoms with Crippen LogP contribution in [-0.4, -0.2) is 24.5 Å². The molecule has 0 bridgehead atoms. The lowest BCUT2D eigenvalue weighted by Gasteiger charge is -2.06. The van der Waals surface area contributed by atoms with Crippen LogP contribution < -0.4 is 0 Å². The lowest BCUT2D eigenvalue weighted by atomic mass is 10.1. The Hall–Kier alpha value is -1.27. The van der Waals surface area contributed by atoms with Crippen molar-refractivity contribution in [2.75, 3.05) is 0 Å². The van der Waals surface area contributed by atoms with Crippen molar-refractivity contribution < 1.29 is 5.11 Å². The average Bonchev–Trinajstić information content (AvgIpc) is 2.97. The van der Waals surface area contributed by atoms with Gasteiger partial charge < -0.3 is 5.11 Å². The maximum absolute atomic E-state index is 10.3. The van der Waals surface area contributed by atoms with Crippen LogP contribution in [0.5, 0.6) is 0 Å². The van der Waals surface area contributed by atoms with E-state index in [0.29, 0.717) is 0 Å². The Morgan fingerprint density at radius 2 is 2.29 bits per heavy atom. The molecule has 1 unspecified atom stereocenters. The summed E-state index contributed by atoms with van der Waals surface area (Å²) in [6.07, 6.45) is 4.75. The van der Waals surface area contributed by atoms with Gasteiger partial charge in [0.25, 0.3) is 0 Å². The normalized spacial score (nSPS) is 12.9. The summed E-state index contributed by atoms with van der Waals surface area (Å²) in [7, 11) is 0. The molecule has 0 aliphatic heterocycles. The highest BCUT2D eigenvalue weighted by molar-refractivity contribution is 7.05. The van der Waals surface area contributed by atoms with Gasteiger partial charge >= 0.3 is 0 Å². The number of nitrogens with zero attached hydrogens (tertiary/aromatic N) is 4. The van der Waals surface area contributed by atoms with Gasteiger partial charge in [0.15, 0.2) is 0 Å². The molecule has 1 N–H and O–H groups in total. The van der Waals surface area contributed by atoms with Gasteiger partial charge in [-0.1, -0.05) is 17.8 Å². The summed E-state index contributed by atoms with van der Waals surface area (Å²) in [5, 5.41) is 18.5. The zero-order chi connectivity index (χ0) is 12.3. The summed E-state index contributed by atoms with van der Waals surface area (Å²) in [6, 6.07) is 0. The number of aryl methyl sites for hydroxylation is 2. The molecule has 2 aromatic heterocycles. The molecule has 5 nitrogen and oxygen atoms in total. The van der Waals surface area contributed by atoms with E-state index in [1.807, 2.05) is 13.1 Å². The van der Waals surface area contributed by atoms with Crippen molar-refractivity contribution in [1.82, 2.24) is 19.4 Å². The number of hydrogen-bond acceptors (Lipinski definition) is 5. The molecular formula is C11H16N4OS. The van der Waals surface area contributed by atoms with Crippen LogP contribution in [-0.2, 0) is 13.0 Å². The minimum Gasteiger partial charge on any atom is -0.383 e. The highest BCUT2D eigenvalue weighted by Crippen LogP contribution is 2.27. The Morgan fingerprint density at radius 3 is 2.94 bits per heavy atom. The van der Waals surface area contributed by atoms with Crippen molar-refractivity contribution in [3.63, 3.8) is 0 Å². The van der Waals surface area contributed by atoms with Gasteiger partial charge in [0.1, 0.15) is 6.10 Å². The fourth-order valence-corrected chi connectivity index (χ4v) is 2.39. The molecule has 0 saturated carbocycles. The lowest BCUT2D eigenvalue weighted by molar-refractivity contribution is 0.222. The van der Waals surface area contributed by atoms with Crippen molar-refractivity contribution in [2.45, 2.75) is 39.3 Å². The van der Waals surface area contributed by atoms with E-state index >= 15 is 0 Å². The summed E-state index contributed by atoms with van der Waals surface area (Å²) >= 11 is 1.26. The molecule has 6 heteroatoms. The van der Waals surface area contributed by atoms with E-state index < -0.39 is 6.10 Å². The summed E-state index contributed by atoms with van der Waals surface area (Å²) in [6.45, 7) is 4.90. The van der Waals surface area contributed by atoms with Crippen LogP contribution in [0.15, 0.2) is 12.4 Å². The first-order valence-electron chi connectivity index (χ1n) is 5.77. The van der Waals surface area contributed by atoms with Gasteiger partial charge in [0.05, 0.1) is 16.8 Å². The Balaban J connectivity index is 2.23. The van der Waals surface area contributed by atoms with E-state index in [1.165, 1.54) is 11.5 Å². The van der Waals surface area contributed by atoms with Crippen LogP contribution in [0.3, 0.4) is 0 Å². The molecular weight excluding hydrogens is 236 g/mol. The number of aromatic nitrogens is 4. The zero-order valence-electron chi connectivity index (χ0n) is 10.00. The predicted molar refractivity (Wildman–Crippen MR) is 65.9 cm³/mol. The van der Waals surface area contributed by atoms with E-state index in [9.17, 15) is 5.11 Å². The van der Waals surface area contributed by atoms with Crippen molar-refractivity contribution in [3.05, 3.63) is 28.5 Å². The minimum absolute atomic E-state index is 0.656. The molecule has 2 heterocycles. The molecule has 0 aliphatic carbocycles. The van der Waals surface area contributed by atoms with Gasteiger partial charge in [-0.2, -0.15) is 5.10 Å². The molecule has 0 radical (unpaired) electrons. The van der Waals surface area contributed by atoms with E-state index in [2.05, 4.69) is 21.6 Å². The SMILES string of the molecule is CCCc1nnsc1C(O)c1cnn(CC)c1. The highest BCUT2D eigenvalue weighted by atomic mass is 32.1. The van der Waals surface area contributed by atoms with Gasteiger partial charge in [0.2, 0.25) is 0 Å². The Labute approximate surface area is 104 Å². The number of aliphatic hydroxyl groups excluding tert-OH is 1. The third-order valence-corrected chi connectivity index (χ3v) is 3.43. The predicted octanol–water partition coefficient (Wildman–Crippen LogP) is 1.79. The minimum atomic E-state index is -0.656. The molecule has 2 rings (SSSR count). The van der Waals surface area contributed by atoms with E-state index in [1.54, 1.807) is 10.9 Å². The van der Waals surface area contributed by atoms with Gasteiger partial charge in [-0.25, -0.2) is 0 Å². The quantitative estimate of drug-likeness (QED) is 0.881. The van der Waals surface area contributed by atoms with Crippen LogP contribution in [0.2, 0.25) is 0 Å². The van der Waals surface area contributed by atoms with Crippen molar-refractivity contribution in [1.29, 1.82) is 0 Å². The van der Waals surface area contributed by atoms with Crippen LogP contribution in [0.1, 0.15) is 42.5 Å². The molecule has 0 aliphatic rings. The number of rotatable bonds is 5. The van der Waals surface area contributed by atoms with Gasteiger partial charge in [-0.05, 0) is 24.9 Å². The number of hydrogen-bond donors (Lipinski definition) is 1. The maximum atomic E-state index is 10.3. The van der Waals surface area contributed by atoms with Gasteiger partial charge in [-0.3, -0.25) is 4.68 Å². The largest absolute Gasteiger partial charge is 0.383 e. The van der Waals surface area contributed by atoms with Gasteiger partial charge in [0, 0.05) is 18.3 Å². The van der Waals surface area contributed by atoms with E-state index in [4.69, 9.17) is 0 Å². The molecule has 0 spiro atoms. The highest BCUT2D eigenvalue weighted by Gasteiger charge is 2.19. The van der Waals surface area contributed by atoms with Crippen LogP contribution in [0, 0.1) is 0 Å². The molecule has 92 valence electrons. The number of aliphatic hydroxyl groups is 1. The van der Waals surface area contributed by atoms with E-state index in [-0.39, 0.29) is 0 Å². The lowest BCUT2D eigenvalue weighted by Crippen LogP contribution is -2.00. The molecule has 17 heavy (non-hydrogen) atoms. The molecule has 1 atom stereocenters. The van der Waals surface area contributed by atoms with Crippen LogP contribution in [0.25, 0.3) is 0 Å². The molecule has 2 aromatic rings. The van der Waals surface area contributed by atoms with Crippen molar-refractivity contribution in [2.24, 2.45) is 0 Å². The summed E-state index contributed by atoms with van der Waals surface area (Å²) in [4.78, 5) is 0.836. The standard InChI is InChI=1S/C11H16N4OS/c1-3-5-9-11(17-14-13-9)10(16)8-6-12-15(4-2)7-8/h6-7,10,16H,3-5H2,1-2H3. The second kappa shape index (κ2) is 5.37. The zero-order valence-corrected chi connectivity index (χ0v) is 10.8. The van der Waals surface area contributed by atoms with Crippen molar-refractivity contribution >= 4 is 11.5 Å². The second-order valence-electron chi connectivity index (χ2n) is 3.87. The molecule has 0 amide bonds. The van der Waals surface area contributed by atoms with Gasteiger partial charge in [-0.15, -0.1) is 5.10 Å². The molecule has 0 fully saturated rings. The second-order valence-corrected chi connectivity index (χ2v) is 4.65. The Kier molecular flexibility index (Phi) is 3.86. The molecule has 0 saturated heterocycles. The average molecular weight is 252 g/mol. The summed E-state index contributed by atoms with van der Waals surface area (Å²) in [5.74, 6) is 0. The smallest absolute Gasteiger partial charge is 0.120 e. The summed E-state index contributed by atoms with van der Waals surface area (Å²) < 4.78 is 5.72. The fourth-order valence-electron chi connectivity index (χ4n) is 1.68. The third kappa shape index (κ3) is 2.53. The molecule has 0 aromatic carbocycles. The maximum Gasteiger partial charge on any atom is 0.120 e. The first kappa shape index (κ1) is 12.2. The topological polar surface area (TPSA) is 63.8 Å². The first-order valence-corrected chi connectivity index (χ1v) is 6.55. The van der Waals surface area contributed by atoms with Crippen LogP contribution >= 0.6 is 11.5 Å². The van der Waals surface area contributed by atoms with Crippen LogP contribution in [0.4, 0.5) is 0 Å². The summed E-state index contributed by atoms with van der Waals surface area (Å²) in [5.41, 5.74) is 1.70. The Morgan fingerprint density at radius 1 is 1.47 bits per heavy atom. The third-order valence-electron chi connectivity index (χ3n) is 2.61. The fraction of sp³-hybridized carbons (Fsp3) is 0.545. The Bertz CT molecular complexity index is 479. The first-order chi connectivity index (χ1) is 8.26. The van der Waals surface area contributed by atoms with Crippen molar-refractivity contribution in [3.8, 4) is 0 Å². The van der Waals surface area contributed by atoms with E-state index in [0.717, 1.165) is 35.5 Å². The monoisotopic (exact) mass is 252 g/mol.